The third-order valence-electron chi connectivity index (χ3n) is 3.92. The Morgan fingerprint density at radius 1 is 1.00 bits per heavy atom. The molecule has 0 radical (unpaired) electrons. The summed E-state index contributed by atoms with van der Waals surface area (Å²) in [6.07, 6.45) is 1.79. The number of hydrogen-bond acceptors (Lipinski definition) is 3. The number of anilines is 1. The molecule has 0 bridgehead atoms. The van der Waals surface area contributed by atoms with Crippen LogP contribution in [0.3, 0.4) is 0 Å². The van der Waals surface area contributed by atoms with E-state index in [1.54, 1.807) is 17.0 Å². The number of aliphatic hydroxyl groups is 1. The molecular formula is C20H23NO3. The summed E-state index contributed by atoms with van der Waals surface area (Å²) >= 11 is 0. The van der Waals surface area contributed by atoms with Crippen LogP contribution in [0.5, 0.6) is 0 Å². The van der Waals surface area contributed by atoms with Crippen molar-refractivity contribution in [3.63, 3.8) is 0 Å². The lowest BCUT2D eigenvalue weighted by Crippen LogP contribution is -2.33. The number of benzene rings is 2. The molecule has 0 aliphatic rings. The van der Waals surface area contributed by atoms with Gasteiger partial charge in [0.15, 0.2) is 0 Å². The van der Waals surface area contributed by atoms with Crippen LogP contribution in [0.25, 0.3) is 0 Å². The van der Waals surface area contributed by atoms with E-state index in [2.05, 4.69) is 0 Å². The van der Waals surface area contributed by atoms with Crippen LogP contribution >= 0.6 is 0 Å². The van der Waals surface area contributed by atoms with E-state index in [1.807, 2.05) is 49.4 Å². The second-order valence-corrected chi connectivity index (χ2v) is 5.61. The lowest BCUT2D eigenvalue weighted by atomic mass is 10.0. The van der Waals surface area contributed by atoms with Crippen molar-refractivity contribution in [1.29, 1.82) is 0 Å². The Balaban J connectivity index is 2.11. The van der Waals surface area contributed by atoms with Gasteiger partial charge in [0.2, 0.25) is 0 Å². The lowest BCUT2D eigenvalue weighted by Gasteiger charge is -2.22. The minimum atomic E-state index is -0.147. The number of para-hydroxylation sites is 1. The molecule has 0 aliphatic heterocycles. The van der Waals surface area contributed by atoms with Gasteiger partial charge in [0.05, 0.1) is 6.61 Å². The van der Waals surface area contributed by atoms with E-state index in [1.165, 1.54) is 0 Å². The number of nitrogens with zero attached hydrogens (tertiary/aromatic N) is 1. The van der Waals surface area contributed by atoms with Gasteiger partial charge >= 0.3 is 0 Å². The smallest absolute Gasteiger partial charge is 0.258 e. The average Bonchev–Trinajstić information content (AvgIpc) is 2.64. The highest BCUT2D eigenvalue weighted by Crippen LogP contribution is 2.17. The number of rotatable bonds is 8. The number of carbonyl (C=O) groups is 2. The third kappa shape index (κ3) is 4.77. The van der Waals surface area contributed by atoms with Crippen molar-refractivity contribution in [1.82, 2.24) is 0 Å². The Morgan fingerprint density at radius 3 is 2.25 bits per heavy atom. The first-order valence-corrected chi connectivity index (χ1v) is 8.24. The predicted molar refractivity (Wildman–Crippen MR) is 95.3 cm³/mol. The van der Waals surface area contributed by atoms with Crippen molar-refractivity contribution in [2.45, 2.75) is 26.2 Å². The summed E-state index contributed by atoms with van der Waals surface area (Å²) in [5.74, 6) is 0.0970. The van der Waals surface area contributed by atoms with E-state index in [0.29, 0.717) is 24.8 Å². The van der Waals surface area contributed by atoms with E-state index in [0.717, 1.165) is 11.3 Å². The van der Waals surface area contributed by atoms with Crippen LogP contribution in [0, 0.1) is 0 Å². The fourth-order valence-corrected chi connectivity index (χ4v) is 2.49. The molecule has 0 saturated heterocycles. The van der Waals surface area contributed by atoms with Crippen LogP contribution in [0.15, 0.2) is 54.6 Å². The fourth-order valence-electron chi connectivity index (χ4n) is 2.49. The maximum atomic E-state index is 12.7. The van der Waals surface area contributed by atoms with Gasteiger partial charge in [-0.2, -0.15) is 0 Å². The van der Waals surface area contributed by atoms with Crippen LogP contribution in [0.1, 0.15) is 35.7 Å². The molecule has 1 N–H and O–H groups in total. The summed E-state index contributed by atoms with van der Waals surface area (Å²) in [5.41, 5.74) is 2.37. The molecule has 0 aliphatic carbocycles. The molecule has 0 saturated carbocycles. The van der Waals surface area contributed by atoms with Crippen LogP contribution < -0.4 is 4.90 Å². The van der Waals surface area contributed by atoms with Gasteiger partial charge in [0.25, 0.3) is 5.91 Å². The first kappa shape index (κ1) is 17.9. The van der Waals surface area contributed by atoms with E-state index in [-0.39, 0.29) is 24.8 Å². The number of carbonyl (C=O) groups excluding carboxylic acids is 2. The largest absolute Gasteiger partial charge is 0.395 e. The maximum absolute atomic E-state index is 12.7. The van der Waals surface area contributed by atoms with Gasteiger partial charge in [-0.1, -0.05) is 37.3 Å². The van der Waals surface area contributed by atoms with Gasteiger partial charge in [0.1, 0.15) is 5.78 Å². The predicted octanol–water partition coefficient (Wildman–Crippen LogP) is 3.24. The molecule has 24 heavy (non-hydrogen) atoms. The van der Waals surface area contributed by atoms with Crippen LogP contribution in [0.2, 0.25) is 0 Å². The molecule has 0 fully saturated rings. The Morgan fingerprint density at radius 2 is 1.67 bits per heavy atom. The summed E-state index contributed by atoms with van der Waals surface area (Å²) in [6.45, 7) is 2.01. The second-order valence-electron chi connectivity index (χ2n) is 5.61. The van der Waals surface area contributed by atoms with Gasteiger partial charge in [-0.15, -0.1) is 0 Å². The lowest BCUT2D eigenvalue weighted by molar-refractivity contribution is -0.118. The number of aliphatic hydroxyl groups excluding tert-OH is 1. The number of aryl methyl sites for hydroxylation is 1. The summed E-state index contributed by atoms with van der Waals surface area (Å²) in [5, 5.41) is 9.26. The summed E-state index contributed by atoms with van der Waals surface area (Å²) in [6, 6.07) is 16.6. The summed E-state index contributed by atoms with van der Waals surface area (Å²) in [7, 11) is 0. The Hall–Kier alpha value is -2.46. The van der Waals surface area contributed by atoms with Gasteiger partial charge in [-0.3, -0.25) is 9.59 Å². The highest BCUT2D eigenvalue weighted by molar-refractivity contribution is 6.06. The normalized spacial score (nSPS) is 10.4. The van der Waals surface area contributed by atoms with Crippen molar-refractivity contribution in [3.8, 4) is 0 Å². The maximum Gasteiger partial charge on any atom is 0.258 e. The summed E-state index contributed by atoms with van der Waals surface area (Å²) in [4.78, 5) is 25.7. The fraction of sp³-hybridized carbons (Fsp3) is 0.300. The van der Waals surface area contributed by atoms with Crippen LogP contribution in [-0.2, 0) is 11.2 Å². The SMILES string of the molecule is CCC(=O)CCc1ccc(C(=O)N(CCO)c2ccccc2)cc1. The molecule has 126 valence electrons. The number of ketones is 1. The van der Waals surface area contributed by atoms with E-state index < -0.39 is 0 Å². The molecule has 4 heteroatoms. The third-order valence-corrected chi connectivity index (χ3v) is 3.92. The number of Topliss-reactive ketones (excluding diaryl/α,β-unsaturated/α-hetero) is 1. The Kier molecular flexibility index (Phi) is 6.70. The molecule has 0 unspecified atom stereocenters. The molecule has 0 atom stereocenters. The zero-order chi connectivity index (χ0) is 17.4. The average molecular weight is 325 g/mol. The van der Waals surface area contributed by atoms with Gasteiger partial charge < -0.3 is 10.0 Å². The zero-order valence-corrected chi connectivity index (χ0v) is 13.9. The van der Waals surface area contributed by atoms with E-state index in [9.17, 15) is 14.7 Å². The second kappa shape index (κ2) is 8.99. The molecule has 4 nitrogen and oxygen atoms in total. The monoisotopic (exact) mass is 325 g/mol. The quantitative estimate of drug-likeness (QED) is 0.810. The number of amides is 1. The minimum Gasteiger partial charge on any atom is -0.395 e. The standard InChI is InChI=1S/C20H23NO3/c1-2-19(23)13-10-16-8-11-17(12-9-16)20(24)21(14-15-22)18-6-4-3-5-7-18/h3-9,11-12,22H,2,10,13-15H2,1H3. The van der Waals surface area contributed by atoms with Crippen molar-refractivity contribution in [2.75, 3.05) is 18.1 Å². The van der Waals surface area contributed by atoms with Crippen molar-refractivity contribution < 1.29 is 14.7 Å². The molecule has 1 amide bonds. The molecular weight excluding hydrogens is 302 g/mol. The van der Waals surface area contributed by atoms with E-state index >= 15 is 0 Å². The molecule has 0 aromatic heterocycles. The zero-order valence-electron chi connectivity index (χ0n) is 13.9. The summed E-state index contributed by atoms with van der Waals surface area (Å²) < 4.78 is 0. The van der Waals surface area contributed by atoms with Gasteiger partial charge in [-0.25, -0.2) is 0 Å². The Bertz CT molecular complexity index is 665. The highest BCUT2D eigenvalue weighted by atomic mass is 16.3. The van der Waals surface area contributed by atoms with Crippen molar-refractivity contribution >= 4 is 17.4 Å². The van der Waals surface area contributed by atoms with Gasteiger partial charge in [0, 0.05) is 30.6 Å². The van der Waals surface area contributed by atoms with Crippen LogP contribution in [0.4, 0.5) is 5.69 Å². The molecule has 2 aromatic rings. The van der Waals surface area contributed by atoms with E-state index in [4.69, 9.17) is 0 Å². The molecule has 2 aromatic carbocycles. The van der Waals surface area contributed by atoms with Gasteiger partial charge in [-0.05, 0) is 36.2 Å². The Labute approximate surface area is 142 Å². The molecule has 2 rings (SSSR count). The molecule has 0 spiro atoms. The first-order chi connectivity index (χ1) is 11.7. The topological polar surface area (TPSA) is 57.6 Å². The molecule has 0 heterocycles. The highest BCUT2D eigenvalue weighted by Gasteiger charge is 2.17. The minimum absolute atomic E-state index is 0.0994. The van der Waals surface area contributed by atoms with Crippen LogP contribution in [-0.4, -0.2) is 29.9 Å². The van der Waals surface area contributed by atoms with Crippen molar-refractivity contribution in [2.24, 2.45) is 0 Å². The number of hydrogen-bond donors (Lipinski definition) is 1. The van der Waals surface area contributed by atoms with Crippen molar-refractivity contribution in [3.05, 3.63) is 65.7 Å². The first-order valence-electron chi connectivity index (χ1n) is 8.24.